The van der Waals surface area contributed by atoms with Crippen molar-refractivity contribution in [1.82, 2.24) is 14.1 Å². The van der Waals surface area contributed by atoms with E-state index >= 15 is 0 Å². The van der Waals surface area contributed by atoms with Crippen molar-refractivity contribution >= 4 is 31.9 Å². The summed E-state index contributed by atoms with van der Waals surface area (Å²) in [5.41, 5.74) is 1.79. The van der Waals surface area contributed by atoms with Gasteiger partial charge in [0.15, 0.2) is 5.69 Å². The predicted octanol–water partition coefficient (Wildman–Crippen LogP) is 3.08. The Morgan fingerprint density at radius 2 is 1.75 bits per heavy atom. The fourth-order valence-electron chi connectivity index (χ4n) is 3.31. The van der Waals surface area contributed by atoms with Crippen LogP contribution in [0.25, 0.3) is 5.69 Å². The van der Waals surface area contributed by atoms with E-state index in [1.807, 2.05) is 30.3 Å². The molecule has 2 aromatic carbocycles. The molecule has 0 amide bonds. The van der Waals surface area contributed by atoms with E-state index < -0.39 is 16.0 Å². The minimum absolute atomic E-state index is 0.0256. The number of aromatic nitrogens is 2. The Kier molecular flexibility index (Phi) is 4.82. The zero-order valence-corrected chi connectivity index (χ0v) is 17.0. The first-order chi connectivity index (χ1) is 13.4. The van der Waals surface area contributed by atoms with Crippen molar-refractivity contribution in [1.29, 1.82) is 0 Å². The molecule has 0 saturated heterocycles. The van der Waals surface area contributed by atoms with Gasteiger partial charge in [-0.1, -0.05) is 34.1 Å². The van der Waals surface area contributed by atoms with Gasteiger partial charge in [0.05, 0.1) is 16.3 Å². The number of aromatic carboxylic acids is 1. The molecular weight excluding hydrogens is 446 g/mol. The van der Waals surface area contributed by atoms with Crippen molar-refractivity contribution in [2.75, 3.05) is 6.54 Å². The van der Waals surface area contributed by atoms with Crippen molar-refractivity contribution in [3.63, 3.8) is 0 Å². The van der Waals surface area contributed by atoms with Crippen LogP contribution in [0, 0.1) is 0 Å². The second kappa shape index (κ2) is 7.16. The van der Waals surface area contributed by atoms with Crippen LogP contribution in [-0.4, -0.2) is 40.1 Å². The average Bonchev–Trinajstić information content (AvgIpc) is 3.08. The summed E-state index contributed by atoms with van der Waals surface area (Å²) in [7, 11) is -3.74. The first-order valence-corrected chi connectivity index (χ1v) is 10.8. The molecule has 1 aromatic heterocycles. The van der Waals surface area contributed by atoms with Crippen molar-refractivity contribution in [3.8, 4) is 5.69 Å². The monoisotopic (exact) mass is 461 g/mol. The van der Waals surface area contributed by atoms with Gasteiger partial charge in [-0.15, -0.1) is 0 Å². The summed E-state index contributed by atoms with van der Waals surface area (Å²) in [4.78, 5) is 11.9. The van der Waals surface area contributed by atoms with E-state index in [2.05, 4.69) is 21.0 Å². The molecule has 0 spiro atoms. The van der Waals surface area contributed by atoms with E-state index in [-0.39, 0.29) is 23.7 Å². The number of fused-ring (bicyclic) bond motifs is 1. The zero-order chi connectivity index (χ0) is 19.9. The number of hydrogen-bond acceptors (Lipinski definition) is 4. The molecule has 3 aromatic rings. The number of benzene rings is 2. The SMILES string of the molecule is O=C(O)c1nn(-c2ccccc2)c2c1CN(S(=O)(=O)c1ccc(Br)cc1)CC2. The molecule has 9 heteroatoms. The number of carbonyl (C=O) groups is 1. The van der Waals surface area contributed by atoms with Crippen molar-refractivity contribution < 1.29 is 18.3 Å². The lowest BCUT2D eigenvalue weighted by molar-refractivity contribution is 0.0688. The molecule has 0 saturated carbocycles. The molecule has 0 bridgehead atoms. The number of sulfonamides is 1. The lowest BCUT2D eigenvalue weighted by atomic mass is 10.1. The maximum absolute atomic E-state index is 13.0. The van der Waals surface area contributed by atoms with Gasteiger partial charge < -0.3 is 5.11 Å². The lowest BCUT2D eigenvalue weighted by Gasteiger charge is -2.27. The first kappa shape index (κ1) is 18.9. The van der Waals surface area contributed by atoms with E-state index in [4.69, 9.17) is 0 Å². The topological polar surface area (TPSA) is 92.5 Å². The molecule has 2 heterocycles. The molecule has 0 fully saturated rings. The number of nitrogens with zero attached hydrogens (tertiary/aromatic N) is 3. The Hall–Kier alpha value is -2.49. The third-order valence-electron chi connectivity index (χ3n) is 4.68. The molecule has 0 atom stereocenters. The smallest absolute Gasteiger partial charge is 0.356 e. The predicted molar refractivity (Wildman–Crippen MR) is 106 cm³/mol. The summed E-state index contributed by atoms with van der Waals surface area (Å²) in [6.07, 6.45) is 0.375. The van der Waals surface area contributed by atoms with E-state index in [0.717, 1.165) is 15.9 Å². The second-order valence-corrected chi connectivity index (χ2v) is 9.22. The van der Waals surface area contributed by atoms with Crippen LogP contribution < -0.4 is 0 Å². The van der Waals surface area contributed by atoms with Crippen molar-refractivity contribution in [3.05, 3.63) is 76.0 Å². The van der Waals surface area contributed by atoms with Crippen LogP contribution in [-0.2, 0) is 23.0 Å². The molecule has 4 rings (SSSR count). The van der Waals surface area contributed by atoms with Crippen LogP contribution in [0.5, 0.6) is 0 Å². The van der Waals surface area contributed by atoms with Gasteiger partial charge in [0.25, 0.3) is 0 Å². The Morgan fingerprint density at radius 3 is 2.39 bits per heavy atom. The van der Waals surface area contributed by atoms with Gasteiger partial charge in [0.2, 0.25) is 10.0 Å². The summed E-state index contributed by atoms with van der Waals surface area (Å²) in [5.74, 6) is -1.17. The maximum Gasteiger partial charge on any atom is 0.356 e. The van der Waals surface area contributed by atoms with E-state index in [1.165, 1.54) is 16.4 Å². The number of carboxylic acid groups (broad SMARTS) is 1. The van der Waals surface area contributed by atoms with Gasteiger partial charge in [-0.05, 0) is 36.4 Å². The van der Waals surface area contributed by atoms with Crippen LogP contribution in [0.4, 0.5) is 0 Å². The Bertz CT molecular complexity index is 1140. The summed E-state index contributed by atoms with van der Waals surface area (Å²) in [5, 5.41) is 13.8. The quantitative estimate of drug-likeness (QED) is 0.644. The Labute approximate surface area is 170 Å². The van der Waals surface area contributed by atoms with Gasteiger partial charge in [0.1, 0.15) is 0 Å². The molecule has 0 radical (unpaired) electrons. The fraction of sp³-hybridized carbons (Fsp3) is 0.158. The van der Waals surface area contributed by atoms with Crippen LogP contribution in [0.2, 0.25) is 0 Å². The highest BCUT2D eigenvalue weighted by atomic mass is 79.9. The third-order valence-corrected chi connectivity index (χ3v) is 7.07. The number of halogens is 1. The van der Waals surface area contributed by atoms with E-state index in [1.54, 1.807) is 16.8 Å². The number of hydrogen-bond donors (Lipinski definition) is 1. The molecule has 1 N–H and O–H groups in total. The molecule has 1 aliphatic heterocycles. The van der Waals surface area contributed by atoms with E-state index in [9.17, 15) is 18.3 Å². The molecule has 144 valence electrons. The van der Waals surface area contributed by atoms with Crippen LogP contribution in [0.1, 0.15) is 21.7 Å². The first-order valence-electron chi connectivity index (χ1n) is 8.53. The van der Waals surface area contributed by atoms with Crippen molar-refractivity contribution in [2.24, 2.45) is 0 Å². The van der Waals surface area contributed by atoms with Gasteiger partial charge in [0, 0.05) is 29.5 Å². The summed E-state index contributed by atoms with van der Waals surface area (Å²) >= 11 is 3.30. The highest BCUT2D eigenvalue weighted by Gasteiger charge is 2.34. The molecule has 0 unspecified atom stereocenters. The highest BCUT2D eigenvalue weighted by molar-refractivity contribution is 9.10. The standard InChI is InChI=1S/C19H16BrN3O4S/c20-13-6-8-15(9-7-13)28(26,27)22-11-10-17-16(12-22)18(19(24)25)21-23(17)14-4-2-1-3-5-14/h1-9H,10-12H2,(H,24,25). The van der Waals surface area contributed by atoms with Crippen molar-refractivity contribution in [2.45, 2.75) is 17.9 Å². The van der Waals surface area contributed by atoms with Crippen LogP contribution >= 0.6 is 15.9 Å². The van der Waals surface area contributed by atoms with Gasteiger partial charge in [-0.25, -0.2) is 17.9 Å². The lowest BCUT2D eigenvalue weighted by Crippen LogP contribution is -2.36. The Balaban J connectivity index is 1.75. The molecule has 28 heavy (non-hydrogen) atoms. The average molecular weight is 462 g/mol. The third kappa shape index (κ3) is 3.25. The minimum Gasteiger partial charge on any atom is -0.476 e. The normalized spacial score (nSPS) is 14.6. The number of carboxylic acids is 1. The fourth-order valence-corrected chi connectivity index (χ4v) is 4.98. The summed E-state index contributed by atoms with van der Waals surface area (Å²) in [6, 6.07) is 15.6. The molecule has 1 aliphatic rings. The highest BCUT2D eigenvalue weighted by Crippen LogP contribution is 2.29. The molecule has 0 aliphatic carbocycles. The van der Waals surface area contributed by atoms with Gasteiger partial charge in [-0.3, -0.25) is 0 Å². The zero-order valence-electron chi connectivity index (χ0n) is 14.6. The summed E-state index contributed by atoms with van der Waals surface area (Å²) < 4.78 is 29.7. The number of para-hydroxylation sites is 1. The van der Waals surface area contributed by atoms with Gasteiger partial charge in [-0.2, -0.15) is 9.40 Å². The molecular formula is C19H16BrN3O4S. The van der Waals surface area contributed by atoms with E-state index in [0.29, 0.717) is 12.0 Å². The van der Waals surface area contributed by atoms with Gasteiger partial charge >= 0.3 is 5.97 Å². The Morgan fingerprint density at radius 1 is 1.07 bits per heavy atom. The summed E-state index contributed by atoms with van der Waals surface area (Å²) in [6.45, 7) is 0.227. The van der Waals surface area contributed by atoms with Crippen LogP contribution in [0.3, 0.4) is 0 Å². The van der Waals surface area contributed by atoms with Crippen LogP contribution in [0.15, 0.2) is 64.0 Å². The molecule has 7 nitrogen and oxygen atoms in total. The minimum atomic E-state index is -3.74. The maximum atomic E-state index is 13.0. The largest absolute Gasteiger partial charge is 0.476 e. The second-order valence-electron chi connectivity index (χ2n) is 6.37. The number of rotatable bonds is 4.